The maximum atomic E-state index is 13.6. The molecule has 2 aromatic carbocycles. The number of benzene rings is 2. The van der Waals surface area contributed by atoms with Crippen LogP contribution < -0.4 is 9.64 Å². The van der Waals surface area contributed by atoms with Gasteiger partial charge in [0.05, 0.1) is 42.4 Å². The van der Waals surface area contributed by atoms with Gasteiger partial charge in [-0.1, -0.05) is 12.1 Å². The molecule has 9 heteroatoms. The van der Waals surface area contributed by atoms with Crippen LogP contribution in [0.2, 0.25) is 0 Å². The van der Waals surface area contributed by atoms with E-state index in [0.717, 1.165) is 5.56 Å². The van der Waals surface area contributed by atoms with Crippen molar-refractivity contribution in [2.75, 3.05) is 18.6 Å². The van der Waals surface area contributed by atoms with E-state index < -0.39 is 6.04 Å². The number of ether oxygens (including phenoxy) is 1. The Kier molecular flexibility index (Phi) is 4.71. The number of anilines is 1. The third-order valence-corrected chi connectivity index (χ3v) is 7.18. The third-order valence-electron chi connectivity index (χ3n) is 7.18. The normalized spacial score (nSPS) is 22.6. The summed E-state index contributed by atoms with van der Waals surface area (Å²) in [5, 5.41) is 9.99. The van der Waals surface area contributed by atoms with Crippen LogP contribution in [0.1, 0.15) is 17.5 Å². The van der Waals surface area contributed by atoms with Crippen molar-refractivity contribution in [1.82, 2.24) is 14.8 Å². The zero-order valence-corrected chi connectivity index (χ0v) is 18.9. The maximum Gasteiger partial charge on any atom is 0.332 e. The molecular weight excluding hydrogens is 446 g/mol. The first-order chi connectivity index (χ1) is 17.0. The van der Waals surface area contributed by atoms with E-state index in [0.29, 0.717) is 40.9 Å². The highest BCUT2D eigenvalue weighted by Gasteiger charge is 2.62. The van der Waals surface area contributed by atoms with E-state index in [1.54, 1.807) is 47.4 Å². The Morgan fingerprint density at radius 1 is 1.20 bits per heavy atom. The Balaban J connectivity index is 1.30. The first-order valence-corrected chi connectivity index (χ1v) is 11.4. The minimum atomic E-state index is -0.710. The lowest BCUT2D eigenvalue weighted by atomic mass is 10.1. The van der Waals surface area contributed by atoms with Crippen LogP contribution in [0.4, 0.5) is 10.5 Å². The molecule has 9 nitrogen and oxygen atoms in total. The molecule has 0 saturated carbocycles. The standard InChI is InChI=1S/C26H21N5O4/c1-35-18-5-2-4-15(10-18)11-22(32)29-14-17-12-21(29)24-25(33)31(26(34)30(17)24)20-8-7-16(13-27)23-19(20)6-3-9-28-23/h2-10,17,21,24H,11-12,14H2,1H3/t17-,21?,24?/m1/s1. The van der Waals surface area contributed by atoms with Crippen molar-refractivity contribution >= 4 is 34.4 Å². The summed E-state index contributed by atoms with van der Waals surface area (Å²) in [5.74, 6) is 0.258. The Morgan fingerprint density at radius 2 is 2.06 bits per heavy atom. The zero-order chi connectivity index (χ0) is 24.3. The van der Waals surface area contributed by atoms with Crippen molar-refractivity contribution < 1.29 is 19.1 Å². The van der Waals surface area contributed by atoms with E-state index >= 15 is 0 Å². The highest BCUT2D eigenvalue weighted by Crippen LogP contribution is 2.43. The molecule has 1 aromatic heterocycles. The SMILES string of the molecule is COc1cccc(CC(=O)N2C[C@H]3CC2C2C(=O)N(c4ccc(C#N)c5ncccc45)C(=O)N23)c1. The second kappa shape index (κ2) is 7.81. The summed E-state index contributed by atoms with van der Waals surface area (Å²) in [6, 6.07) is 14.5. The van der Waals surface area contributed by atoms with Crippen molar-refractivity contribution in [1.29, 1.82) is 5.26 Å². The monoisotopic (exact) mass is 467 g/mol. The molecule has 3 aromatic rings. The number of methoxy groups -OCH3 is 1. The van der Waals surface area contributed by atoms with E-state index in [1.807, 2.05) is 24.3 Å². The fraction of sp³-hybridized carbons (Fsp3) is 0.269. The second-order valence-corrected chi connectivity index (χ2v) is 8.98. The first-order valence-electron chi connectivity index (χ1n) is 11.4. The van der Waals surface area contributed by atoms with Gasteiger partial charge in [0.2, 0.25) is 5.91 Å². The van der Waals surface area contributed by atoms with Crippen LogP contribution in [0.25, 0.3) is 10.9 Å². The highest BCUT2D eigenvalue weighted by molar-refractivity contribution is 6.25. The number of nitrogens with zero attached hydrogens (tertiary/aromatic N) is 5. The van der Waals surface area contributed by atoms with Gasteiger partial charge < -0.3 is 14.5 Å². The van der Waals surface area contributed by atoms with Gasteiger partial charge in [-0.2, -0.15) is 5.26 Å². The number of likely N-dealkylation sites (tertiary alicyclic amines) is 1. The molecule has 3 saturated heterocycles. The fourth-order valence-electron chi connectivity index (χ4n) is 5.67. The average molecular weight is 467 g/mol. The van der Waals surface area contributed by atoms with E-state index in [4.69, 9.17) is 4.74 Å². The van der Waals surface area contributed by atoms with Crippen LogP contribution >= 0.6 is 0 Å². The van der Waals surface area contributed by atoms with Gasteiger partial charge in [-0.25, -0.2) is 9.69 Å². The van der Waals surface area contributed by atoms with Crippen LogP contribution in [0.15, 0.2) is 54.7 Å². The maximum absolute atomic E-state index is 13.6. The van der Waals surface area contributed by atoms with Gasteiger partial charge in [0, 0.05) is 18.1 Å². The number of carbonyl (C=O) groups is 3. The summed E-state index contributed by atoms with van der Waals surface area (Å²) in [5.41, 5.74) is 2.06. The third kappa shape index (κ3) is 3.06. The van der Waals surface area contributed by atoms with Crippen LogP contribution in [-0.4, -0.2) is 64.4 Å². The molecule has 3 atom stereocenters. The summed E-state index contributed by atoms with van der Waals surface area (Å²) in [6.07, 6.45) is 2.37. The molecule has 4 heterocycles. The Bertz CT molecular complexity index is 1450. The lowest BCUT2D eigenvalue weighted by Crippen LogP contribution is -2.55. The molecule has 0 aliphatic carbocycles. The van der Waals surface area contributed by atoms with Gasteiger partial charge >= 0.3 is 6.03 Å². The Morgan fingerprint density at radius 3 is 2.86 bits per heavy atom. The van der Waals surface area contributed by atoms with Gasteiger partial charge in [-0.05, 0) is 48.4 Å². The minimum Gasteiger partial charge on any atom is -0.497 e. The topological polar surface area (TPSA) is 107 Å². The molecule has 0 spiro atoms. The van der Waals surface area contributed by atoms with E-state index in [2.05, 4.69) is 11.1 Å². The highest BCUT2D eigenvalue weighted by atomic mass is 16.5. The number of nitriles is 1. The summed E-state index contributed by atoms with van der Waals surface area (Å²) in [7, 11) is 1.58. The largest absolute Gasteiger partial charge is 0.497 e. The zero-order valence-electron chi connectivity index (χ0n) is 18.9. The lowest BCUT2D eigenvalue weighted by Gasteiger charge is -2.35. The van der Waals surface area contributed by atoms with Gasteiger partial charge in [-0.15, -0.1) is 0 Å². The molecule has 3 aliphatic rings. The van der Waals surface area contributed by atoms with Crippen LogP contribution in [-0.2, 0) is 16.0 Å². The number of piperazine rings is 1. The number of aromatic nitrogens is 1. The van der Waals surface area contributed by atoms with Crippen molar-refractivity contribution in [2.24, 2.45) is 0 Å². The molecule has 3 aliphatic heterocycles. The minimum absolute atomic E-state index is 0.0721. The summed E-state index contributed by atoms with van der Waals surface area (Å²) in [6.45, 7) is 0.409. The number of carbonyl (C=O) groups excluding carboxylic acids is 3. The van der Waals surface area contributed by atoms with Crippen molar-refractivity contribution in [3.8, 4) is 11.8 Å². The molecule has 2 bridgehead atoms. The molecule has 0 N–H and O–H groups in total. The van der Waals surface area contributed by atoms with Crippen LogP contribution in [0.5, 0.6) is 5.75 Å². The number of urea groups is 1. The molecule has 2 unspecified atom stereocenters. The van der Waals surface area contributed by atoms with Crippen LogP contribution in [0.3, 0.4) is 0 Å². The van der Waals surface area contributed by atoms with Crippen molar-refractivity contribution in [2.45, 2.75) is 31.0 Å². The molecule has 4 amide bonds. The first kappa shape index (κ1) is 21.1. The summed E-state index contributed by atoms with van der Waals surface area (Å²) in [4.78, 5) is 49.1. The van der Waals surface area contributed by atoms with Gasteiger partial charge in [0.25, 0.3) is 5.91 Å². The molecule has 6 rings (SSSR count). The van der Waals surface area contributed by atoms with Crippen molar-refractivity contribution in [3.05, 3.63) is 65.9 Å². The lowest BCUT2D eigenvalue weighted by molar-refractivity contribution is -0.135. The van der Waals surface area contributed by atoms with Gasteiger partial charge in [-0.3, -0.25) is 14.6 Å². The smallest absolute Gasteiger partial charge is 0.332 e. The van der Waals surface area contributed by atoms with E-state index in [-0.39, 0.29) is 36.3 Å². The Labute approximate surface area is 201 Å². The number of amides is 4. The number of hydrogen-bond donors (Lipinski definition) is 0. The predicted octanol–water partition coefficient (Wildman–Crippen LogP) is 2.48. The predicted molar refractivity (Wildman–Crippen MR) is 126 cm³/mol. The number of fused-ring (bicyclic) bond motifs is 6. The number of hydrogen-bond acceptors (Lipinski definition) is 6. The molecule has 3 fully saturated rings. The van der Waals surface area contributed by atoms with E-state index in [1.165, 1.54) is 4.90 Å². The summed E-state index contributed by atoms with van der Waals surface area (Å²) < 4.78 is 5.25. The van der Waals surface area contributed by atoms with E-state index in [9.17, 15) is 19.6 Å². The second-order valence-electron chi connectivity index (χ2n) is 8.98. The molecule has 0 radical (unpaired) electrons. The number of pyridine rings is 1. The van der Waals surface area contributed by atoms with Gasteiger partial charge in [0.15, 0.2) is 0 Å². The van der Waals surface area contributed by atoms with Crippen molar-refractivity contribution in [3.63, 3.8) is 0 Å². The quantitative estimate of drug-likeness (QED) is 0.546. The molecular formula is C26H21N5O4. The fourth-order valence-corrected chi connectivity index (χ4v) is 5.67. The molecule has 35 heavy (non-hydrogen) atoms. The van der Waals surface area contributed by atoms with Gasteiger partial charge in [0.1, 0.15) is 17.9 Å². The van der Waals surface area contributed by atoms with Crippen LogP contribution in [0, 0.1) is 11.3 Å². The average Bonchev–Trinajstić information content (AvgIpc) is 3.55. The Hall–Kier alpha value is -4.45. The molecule has 174 valence electrons. The number of imide groups is 1. The summed E-state index contributed by atoms with van der Waals surface area (Å²) >= 11 is 0. The number of rotatable bonds is 4.